The molecule has 2 aliphatic heterocycles. The molecule has 4 rings (SSSR count). The monoisotopic (exact) mass is 1600 g/mol. The Morgan fingerprint density at radius 1 is 0.652 bits per heavy atom. The smallest absolute Gasteiger partial charge is 0.261 e. The molecule has 0 aromatic heterocycles. The van der Waals surface area contributed by atoms with Crippen molar-refractivity contribution in [1.29, 1.82) is 1.28 Å². The Morgan fingerprint density at radius 3 is 1.36 bits per heavy atom. The molecular weight excluding hydrogens is 1550 g/mol. The number of ether oxygens (including phenoxy) is 2. The third-order valence-electron chi connectivity index (χ3n) is 7.91. The molecule has 2 fully saturated rings. The first-order valence-electron chi connectivity index (χ1n) is 17.7. The fraction of sp³-hybridized carbons (Fsp3) is 0.500. The second kappa shape index (κ2) is 36.8. The van der Waals surface area contributed by atoms with Crippen LogP contribution >= 0.6 is 229 Å². The highest BCUT2D eigenvalue weighted by atomic mass is 127. The van der Waals surface area contributed by atoms with Crippen molar-refractivity contribution >= 4 is 248 Å². The van der Waals surface area contributed by atoms with Crippen molar-refractivity contribution in [3.05, 3.63) is 55.7 Å². The number of hydrogen-bond donors (Lipinski definition) is 10. The molecule has 10 N–H and O–H groups in total. The second-order valence-electron chi connectivity index (χ2n) is 12.5. The van der Waals surface area contributed by atoms with Gasteiger partial charge < -0.3 is 50.3 Å². The fourth-order valence-corrected chi connectivity index (χ4v) is 202. The summed E-state index contributed by atoms with van der Waals surface area (Å²) in [6.45, 7) is -1.86. The molecule has 0 spiro atoms. The van der Waals surface area contributed by atoms with Crippen LogP contribution in [0.4, 0.5) is 0 Å². The van der Waals surface area contributed by atoms with E-state index in [2.05, 4.69) is 121 Å². The highest BCUT2D eigenvalue weighted by molar-refractivity contribution is 14.1. The molecule has 0 radical (unpaired) electrons. The number of sulfonamides is 1. The van der Waals surface area contributed by atoms with E-state index in [4.69, 9.17) is 42.1 Å². The zero-order valence-corrected chi connectivity index (χ0v) is 61.5. The van der Waals surface area contributed by atoms with Gasteiger partial charge in [-0.3, -0.25) is 0 Å². The summed E-state index contributed by atoms with van der Waals surface area (Å²) in [6.07, 6.45) is -10.9. The van der Waals surface area contributed by atoms with Gasteiger partial charge in [0.25, 0.3) is 9.05 Å². The second-order valence-corrected chi connectivity index (χ2v) is 94.6. The Kier molecular flexibility index (Phi) is 39.3. The molecule has 0 bridgehead atoms. The SMILES string of the molecule is O=S(=O)(Cl)c1ccc(I)cc1.O=S(=O)(N[C@H]1C(O)O[C@H](CO)[C@@H](O)[C@@H]1O)c1ccc(I)cc1.OC[C@H]1OC(O)[C@H](NCl)[C@@H](O)[C@@H]1O.[3H]P(P(P(P)P)P(P)P)P(P(P)PP)P(P(P)P)P(P)P. The van der Waals surface area contributed by atoms with E-state index in [1.165, 1.54) is 24.3 Å². The first-order chi connectivity index (χ1) is 30.9. The highest BCUT2D eigenvalue weighted by Crippen LogP contribution is 3.24. The standard InChI is InChI=1S/C12H16INO7S.C6H4ClIO2S.C6H12ClNO5.H22P20/c13-6-1-3-7(4-2-6)22(19,20)14-9-11(17)10(16)8(5-15)21-12(9)18;7-11(9,10)6-3-1-5(8)2-4-6;7-8-3-5(11)4(10)2(1-9)13-6(3)12;1-11-17(10)19(20(15(6)7)16(8)9)12-18(13(2)3)14(4)5/h1-4,8-12,14-18H,5H2;1-4H;2-6,8-12H,1H2;11-12H,1-10H2/t8-,9-,10-,11-,12?;;2-,3-,4-,5-,6?;/m1.1./s1/i;;;12T. The van der Waals surface area contributed by atoms with Gasteiger partial charge in [-0.1, -0.05) is 7.96 Å². The maximum absolute atomic E-state index is 12.2. The van der Waals surface area contributed by atoms with Crippen molar-refractivity contribution in [1.82, 2.24) is 9.56 Å². The maximum Gasteiger partial charge on any atom is 0.261 e. The lowest BCUT2D eigenvalue weighted by molar-refractivity contribution is -0.251. The molecule has 2 aromatic carbocycles. The molecule has 42 heteroatoms. The van der Waals surface area contributed by atoms with Crippen LogP contribution in [0, 0.1) is 7.14 Å². The molecule has 0 saturated carbocycles. The summed E-state index contributed by atoms with van der Waals surface area (Å²) < 4.78 is 68.7. The lowest BCUT2D eigenvalue weighted by atomic mass is 9.98. The lowest BCUT2D eigenvalue weighted by Crippen LogP contribution is -2.64. The number of hydrogen-bond acceptors (Lipinski definition) is 15. The van der Waals surface area contributed by atoms with Crippen molar-refractivity contribution in [2.24, 2.45) is 0 Å². The van der Waals surface area contributed by atoms with E-state index >= 15 is 0 Å². The zero-order chi connectivity index (χ0) is 51.9. The lowest BCUT2D eigenvalue weighted by Gasteiger charge is -2.40. The maximum atomic E-state index is 12.2. The molecule has 16 unspecified atom stereocenters. The van der Waals surface area contributed by atoms with Gasteiger partial charge in [-0.15, -0.1) is 89.3 Å². The first kappa shape index (κ1) is 70.6. The summed E-state index contributed by atoms with van der Waals surface area (Å²) in [5, 5.41) is 75.0. The minimum Gasteiger partial charge on any atom is -0.394 e. The van der Waals surface area contributed by atoms with E-state index in [1.54, 1.807) is 24.3 Å². The summed E-state index contributed by atoms with van der Waals surface area (Å²) in [7, 11) is 28.5. The van der Waals surface area contributed by atoms with Crippen molar-refractivity contribution < 1.29 is 67.2 Å². The van der Waals surface area contributed by atoms with Gasteiger partial charge >= 0.3 is 0 Å². The van der Waals surface area contributed by atoms with Crippen LogP contribution in [-0.4, -0.2) is 133 Å². The molecule has 66 heavy (non-hydrogen) atoms. The average molecular weight is 1610 g/mol. The molecule has 2 saturated heterocycles. The molecule has 2 heterocycles. The molecular formula is C24H54Cl2I2N2O14P20S2. The Labute approximate surface area is 460 Å². The largest absolute Gasteiger partial charge is 0.394 e. The van der Waals surface area contributed by atoms with Gasteiger partial charge in [0.2, 0.25) is 10.0 Å². The van der Waals surface area contributed by atoms with E-state index < -0.39 is 101 Å². The Bertz CT molecular complexity index is 1960. The summed E-state index contributed by atoms with van der Waals surface area (Å²) in [5.74, 6) is 0. The van der Waals surface area contributed by atoms with E-state index in [1.807, 2.05) is 22.6 Å². The van der Waals surface area contributed by atoms with Crippen LogP contribution < -0.4 is 9.56 Å². The van der Waals surface area contributed by atoms with Crippen LogP contribution in [0.2, 0.25) is 0 Å². The van der Waals surface area contributed by atoms with Gasteiger partial charge in [-0.05, 0) is 169 Å². The van der Waals surface area contributed by atoms with Crippen LogP contribution in [0.1, 0.15) is 0 Å². The molecule has 0 amide bonds. The fourth-order valence-electron chi connectivity index (χ4n) is 4.70. The minimum absolute atomic E-state index is 0.0196. The van der Waals surface area contributed by atoms with Gasteiger partial charge in [0.15, 0.2) is 12.6 Å². The van der Waals surface area contributed by atoms with E-state index in [0.29, 0.717) is 0 Å². The van der Waals surface area contributed by atoms with Crippen molar-refractivity contribution in [3.63, 3.8) is 0 Å². The minimum atomic E-state index is -4.02. The molecule has 2 aliphatic rings. The van der Waals surface area contributed by atoms with Crippen LogP contribution in [0.3, 0.4) is 0 Å². The van der Waals surface area contributed by atoms with Crippen molar-refractivity contribution in [3.8, 4) is 0 Å². The third kappa shape index (κ3) is 25.1. The zero-order valence-electron chi connectivity index (χ0n) is 34.5. The Balaban J connectivity index is 0.000000463. The van der Waals surface area contributed by atoms with Crippen LogP contribution in [-0.2, 0) is 28.5 Å². The Hall–Kier alpha value is 8.50. The molecule has 24 atom stereocenters. The normalized spacial score (nSPS) is 27.8. The van der Waals surface area contributed by atoms with Crippen molar-refractivity contribution in [2.75, 3.05) is 13.2 Å². The first-order valence-corrected chi connectivity index (χ1v) is 59.1. The quantitative estimate of drug-likeness (QED) is 0.0324. The predicted molar refractivity (Wildman–Crippen MR) is 347 cm³/mol. The number of aliphatic hydroxyl groups is 8. The number of aliphatic hydroxyl groups excluding tert-OH is 8. The van der Waals surface area contributed by atoms with Crippen molar-refractivity contribution in [2.45, 2.75) is 71.1 Å². The molecule has 384 valence electrons. The molecule has 2 aromatic rings. The molecule has 16 nitrogen and oxygen atoms in total. The average Bonchev–Trinajstić information content (AvgIpc) is 3.24. The van der Waals surface area contributed by atoms with Gasteiger partial charge in [-0.25, -0.2) is 26.4 Å². The van der Waals surface area contributed by atoms with Gasteiger partial charge in [0.05, 0.1) is 24.3 Å². The highest BCUT2D eigenvalue weighted by Gasteiger charge is 2.46. The van der Waals surface area contributed by atoms with E-state index in [9.17, 15) is 48.8 Å². The topological polar surface area (TPSA) is 273 Å². The Morgan fingerprint density at radius 2 is 1.03 bits per heavy atom. The number of rotatable bonds is 16. The summed E-state index contributed by atoms with van der Waals surface area (Å²) in [5.41, 5.74) is 0. The van der Waals surface area contributed by atoms with Gasteiger partial charge in [-0.2, -0.15) is 0 Å². The van der Waals surface area contributed by atoms with Gasteiger partial charge in [0.1, 0.15) is 48.7 Å². The van der Waals surface area contributed by atoms with E-state index in [-0.39, 0.29) is 65.7 Å². The molecule has 0 aliphatic carbocycles. The van der Waals surface area contributed by atoms with Gasteiger partial charge in [0, 0.05) is 17.8 Å². The third-order valence-corrected chi connectivity index (χ3v) is 130. The predicted octanol–water partition coefficient (Wildman–Crippen LogP) is 9.45. The van der Waals surface area contributed by atoms with E-state index in [0.717, 1.165) is 15.1 Å². The summed E-state index contributed by atoms with van der Waals surface area (Å²) in [6, 6.07) is 9.84. The van der Waals surface area contributed by atoms with Crippen LogP contribution in [0.5, 0.6) is 0 Å². The number of halogens is 4. The van der Waals surface area contributed by atoms with Crippen LogP contribution in [0.15, 0.2) is 58.3 Å². The summed E-state index contributed by atoms with van der Waals surface area (Å²) >= 11 is 9.31. The summed E-state index contributed by atoms with van der Waals surface area (Å²) in [4.78, 5) is 2.17. The number of nitrogens with one attached hydrogen (secondary N) is 2. The number of benzene rings is 2. The van der Waals surface area contributed by atoms with Crippen LogP contribution in [0.25, 0.3) is 0 Å².